The fraction of sp³-hybridized carbons (Fsp3) is 0.569. The second-order valence-electron chi connectivity index (χ2n) is 18.3. The summed E-state index contributed by atoms with van der Waals surface area (Å²) in [7, 11) is 0. The van der Waals surface area contributed by atoms with Gasteiger partial charge in [-0.15, -0.1) is 0 Å². The monoisotopic (exact) mass is 832 g/mol. The number of aliphatic hydroxyl groups is 1. The van der Waals surface area contributed by atoms with E-state index in [1.165, 1.54) is 88.2 Å². The standard InChI is InChI=1S/C51H69N5O5/c1-2-3-4-5-6-7-8-9-10-11-12-13-20-29-52-46-34-56(35-47(46)57)51(61)39-27-25-38(26-28-39)50(60)55-32-42(48(58)53-44-30-40(44)36-21-16-14-17-22-36)43(33-55)49(59)54-45-31-41(45)37-23-18-15-19-24-37/h14-19,21-28,40-47,52,57H,2-13,20,29-35H2,1H3,(H,53,58)(H,54,59)/t40-,41-,42-,43-,44+,45+,46+,47+/m1/s1. The first-order valence-electron chi connectivity index (χ1n) is 23.6. The Morgan fingerprint density at radius 2 is 0.934 bits per heavy atom. The topological polar surface area (TPSA) is 131 Å². The maximum absolute atomic E-state index is 13.9. The van der Waals surface area contributed by atoms with Crippen molar-refractivity contribution in [2.75, 3.05) is 32.7 Å². The van der Waals surface area contributed by atoms with Crippen molar-refractivity contribution in [3.05, 3.63) is 107 Å². The summed E-state index contributed by atoms with van der Waals surface area (Å²) in [6.45, 7) is 4.05. The van der Waals surface area contributed by atoms with Crippen LogP contribution >= 0.6 is 0 Å². The zero-order valence-electron chi connectivity index (χ0n) is 36.3. The SMILES string of the molecule is CCCCCCCCCCCCCCCN[C@H]1CN(C(=O)c2ccc(C(=O)N3C[C@@H](C(=O)N[C@H]4C[C@@H]4c4ccccc4)[C@H](C(=O)N[C@H]4C[C@@H]4c4ccccc4)C3)cc2)C[C@@H]1O. The highest BCUT2D eigenvalue weighted by molar-refractivity contribution is 5.99. The molecule has 4 amide bonds. The molecular formula is C51H69N5O5. The van der Waals surface area contributed by atoms with E-state index in [0.717, 1.165) is 25.8 Å². The Hall–Kier alpha value is -4.54. The van der Waals surface area contributed by atoms with Crippen LogP contribution in [0.3, 0.4) is 0 Å². The van der Waals surface area contributed by atoms with Crippen molar-refractivity contribution in [2.45, 2.75) is 139 Å². The van der Waals surface area contributed by atoms with Gasteiger partial charge in [0.25, 0.3) is 11.8 Å². The maximum Gasteiger partial charge on any atom is 0.253 e. The molecule has 4 N–H and O–H groups in total. The summed E-state index contributed by atoms with van der Waals surface area (Å²) in [6, 6.07) is 26.7. The molecule has 0 spiro atoms. The molecule has 3 aromatic rings. The van der Waals surface area contributed by atoms with Crippen molar-refractivity contribution in [1.82, 2.24) is 25.8 Å². The first-order valence-corrected chi connectivity index (χ1v) is 23.6. The van der Waals surface area contributed by atoms with Gasteiger partial charge in [-0.25, -0.2) is 0 Å². The van der Waals surface area contributed by atoms with Gasteiger partial charge in [-0.2, -0.15) is 0 Å². The van der Waals surface area contributed by atoms with Gasteiger partial charge in [-0.1, -0.05) is 145 Å². The smallest absolute Gasteiger partial charge is 0.253 e. The van der Waals surface area contributed by atoms with Crippen molar-refractivity contribution in [1.29, 1.82) is 0 Å². The molecule has 4 fully saturated rings. The van der Waals surface area contributed by atoms with Crippen LogP contribution in [0, 0.1) is 11.8 Å². The number of likely N-dealkylation sites (tertiary alicyclic amines) is 2. The highest BCUT2D eigenvalue weighted by atomic mass is 16.3. The van der Waals surface area contributed by atoms with Gasteiger partial charge in [0, 0.05) is 61.2 Å². The van der Waals surface area contributed by atoms with Crippen LogP contribution in [-0.2, 0) is 9.59 Å². The lowest BCUT2D eigenvalue weighted by molar-refractivity contribution is -0.133. The van der Waals surface area contributed by atoms with Crippen LogP contribution in [0.15, 0.2) is 84.9 Å². The van der Waals surface area contributed by atoms with Gasteiger partial charge < -0.3 is 30.9 Å². The molecule has 328 valence electrons. The van der Waals surface area contributed by atoms with E-state index in [9.17, 15) is 24.3 Å². The number of nitrogens with one attached hydrogen (secondary N) is 3. The molecule has 2 saturated heterocycles. The minimum absolute atomic E-state index is 0.00572. The molecule has 2 aliphatic carbocycles. The maximum atomic E-state index is 13.9. The normalized spacial score (nSPS) is 25.3. The Morgan fingerprint density at radius 1 is 0.525 bits per heavy atom. The van der Waals surface area contributed by atoms with Crippen LogP contribution in [0.1, 0.15) is 147 Å². The lowest BCUT2D eigenvalue weighted by Crippen LogP contribution is -2.43. The summed E-state index contributed by atoms with van der Waals surface area (Å²) in [4.78, 5) is 58.5. The second-order valence-corrected chi connectivity index (χ2v) is 18.3. The Balaban J connectivity index is 0.863. The largest absolute Gasteiger partial charge is 0.390 e. The molecular weight excluding hydrogens is 763 g/mol. The average Bonchev–Trinajstić information content (AvgIpc) is 4.15. The van der Waals surface area contributed by atoms with Crippen LogP contribution in [0.4, 0.5) is 0 Å². The van der Waals surface area contributed by atoms with Gasteiger partial charge in [0.05, 0.1) is 24.0 Å². The molecule has 2 saturated carbocycles. The van der Waals surface area contributed by atoms with Crippen LogP contribution in [-0.4, -0.2) is 95.5 Å². The predicted molar refractivity (Wildman–Crippen MR) is 240 cm³/mol. The minimum atomic E-state index is -0.677. The Morgan fingerprint density at radius 3 is 1.38 bits per heavy atom. The molecule has 2 aliphatic heterocycles. The van der Waals surface area contributed by atoms with E-state index in [1.54, 1.807) is 34.1 Å². The minimum Gasteiger partial charge on any atom is -0.390 e. The molecule has 0 unspecified atom stereocenters. The van der Waals surface area contributed by atoms with Crippen molar-refractivity contribution in [3.63, 3.8) is 0 Å². The van der Waals surface area contributed by atoms with Gasteiger partial charge in [0.1, 0.15) is 0 Å². The first kappa shape index (κ1) is 44.5. The van der Waals surface area contributed by atoms with Crippen molar-refractivity contribution >= 4 is 23.6 Å². The highest BCUT2D eigenvalue weighted by Crippen LogP contribution is 2.42. The number of carbonyl (C=O) groups excluding carboxylic acids is 4. The molecule has 10 nitrogen and oxygen atoms in total. The zero-order valence-corrected chi connectivity index (χ0v) is 36.3. The third-order valence-electron chi connectivity index (χ3n) is 13.6. The van der Waals surface area contributed by atoms with E-state index < -0.39 is 17.9 Å². The number of rotatable bonds is 23. The van der Waals surface area contributed by atoms with E-state index in [-0.39, 0.29) is 73.2 Å². The van der Waals surface area contributed by atoms with E-state index in [4.69, 9.17) is 0 Å². The zero-order chi connectivity index (χ0) is 42.6. The van der Waals surface area contributed by atoms with Gasteiger partial charge in [-0.05, 0) is 61.2 Å². The summed E-state index contributed by atoms with van der Waals surface area (Å²) >= 11 is 0. The van der Waals surface area contributed by atoms with Crippen molar-refractivity contribution < 1.29 is 24.3 Å². The highest BCUT2D eigenvalue weighted by Gasteiger charge is 2.49. The Labute approximate surface area is 363 Å². The molecule has 0 aromatic heterocycles. The third-order valence-corrected chi connectivity index (χ3v) is 13.6. The summed E-state index contributed by atoms with van der Waals surface area (Å²) in [5.74, 6) is -1.71. The number of amides is 4. The van der Waals surface area contributed by atoms with E-state index >= 15 is 0 Å². The second kappa shape index (κ2) is 22.0. The summed E-state index contributed by atoms with van der Waals surface area (Å²) in [5.41, 5.74) is 3.22. The summed E-state index contributed by atoms with van der Waals surface area (Å²) in [6.07, 6.45) is 18.1. The van der Waals surface area contributed by atoms with Crippen LogP contribution in [0.5, 0.6) is 0 Å². The van der Waals surface area contributed by atoms with Gasteiger partial charge >= 0.3 is 0 Å². The van der Waals surface area contributed by atoms with E-state index in [0.29, 0.717) is 17.7 Å². The van der Waals surface area contributed by atoms with Crippen LogP contribution in [0.25, 0.3) is 0 Å². The van der Waals surface area contributed by atoms with E-state index in [1.807, 2.05) is 36.4 Å². The number of hydrogen-bond acceptors (Lipinski definition) is 6. The van der Waals surface area contributed by atoms with Crippen molar-refractivity contribution in [2.24, 2.45) is 11.8 Å². The first-order chi connectivity index (χ1) is 29.8. The molecule has 2 heterocycles. The van der Waals surface area contributed by atoms with Gasteiger partial charge in [-0.3, -0.25) is 19.2 Å². The number of hydrogen-bond donors (Lipinski definition) is 4. The number of unbranched alkanes of at least 4 members (excludes halogenated alkanes) is 12. The molecule has 7 rings (SSSR count). The molecule has 0 bridgehead atoms. The van der Waals surface area contributed by atoms with Crippen LogP contribution in [0.2, 0.25) is 0 Å². The Kier molecular flexibility index (Phi) is 16.1. The number of carbonyl (C=O) groups is 4. The summed E-state index contributed by atoms with van der Waals surface area (Å²) in [5, 5.41) is 20.7. The van der Waals surface area contributed by atoms with Gasteiger partial charge in [0.2, 0.25) is 11.8 Å². The molecule has 61 heavy (non-hydrogen) atoms. The lowest BCUT2D eigenvalue weighted by Gasteiger charge is -2.18. The molecule has 8 atom stereocenters. The molecule has 3 aromatic carbocycles. The number of benzene rings is 3. The molecule has 0 radical (unpaired) electrons. The van der Waals surface area contributed by atoms with Crippen LogP contribution < -0.4 is 16.0 Å². The quantitative estimate of drug-likeness (QED) is 0.0730. The number of β-amino-alcohol motifs (C(OH)–C–C–N with tert-alkyl or cyclic N) is 1. The van der Waals surface area contributed by atoms with Crippen molar-refractivity contribution in [3.8, 4) is 0 Å². The summed E-state index contributed by atoms with van der Waals surface area (Å²) < 4.78 is 0. The number of aliphatic hydroxyl groups excluding tert-OH is 1. The fourth-order valence-corrected chi connectivity index (χ4v) is 9.63. The van der Waals surface area contributed by atoms with Gasteiger partial charge in [0.15, 0.2) is 0 Å². The van der Waals surface area contributed by atoms with E-state index in [2.05, 4.69) is 47.1 Å². The number of nitrogens with zero attached hydrogens (tertiary/aromatic N) is 2. The molecule has 10 heteroatoms. The molecule has 4 aliphatic rings. The predicted octanol–water partition coefficient (Wildman–Crippen LogP) is 7.59. The fourth-order valence-electron chi connectivity index (χ4n) is 9.63. The average molecular weight is 832 g/mol. The Bertz CT molecular complexity index is 1800. The lowest BCUT2D eigenvalue weighted by atomic mass is 9.94. The third kappa shape index (κ3) is 12.3.